The Labute approximate surface area is 131 Å². The van der Waals surface area contributed by atoms with Crippen molar-refractivity contribution < 1.29 is 14.6 Å². The molecule has 1 fully saturated rings. The van der Waals surface area contributed by atoms with Crippen molar-refractivity contribution >= 4 is 11.7 Å². The van der Waals surface area contributed by atoms with Gasteiger partial charge in [-0.25, -0.2) is 0 Å². The summed E-state index contributed by atoms with van der Waals surface area (Å²) in [5.41, 5.74) is 2.22. The lowest BCUT2D eigenvalue weighted by Gasteiger charge is -2.25. The first-order valence-corrected chi connectivity index (χ1v) is 7.76. The highest BCUT2D eigenvalue weighted by molar-refractivity contribution is 5.66. The molecule has 0 aromatic heterocycles. The molecule has 1 heterocycles. The summed E-state index contributed by atoms with van der Waals surface area (Å²) in [7, 11) is 1.69. The number of rotatable bonds is 7. The number of nitrogens with one attached hydrogen (secondary N) is 2. The lowest BCUT2D eigenvalue weighted by Crippen LogP contribution is -2.28. The number of hydrogen-bond acceptors (Lipinski definition) is 5. The zero-order valence-electron chi connectivity index (χ0n) is 13.1. The number of carbonyl (C=O) groups is 1. The largest absolute Gasteiger partial charge is 0.495 e. The molecule has 0 saturated carbocycles. The highest BCUT2D eigenvalue weighted by Crippen LogP contribution is 2.29. The fourth-order valence-electron chi connectivity index (χ4n) is 2.61. The third-order valence-corrected chi connectivity index (χ3v) is 3.77. The van der Waals surface area contributed by atoms with Gasteiger partial charge >= 0.3 is 5.97 Å². The van der Waals surface area contributed by atoms with Gasteiger partial charge in [0.2, 0.25) is 0 Å². The van der Waals surface area contributed by atoms with Crippen LogP contribution in [0.5, 0.6) is 5.75 Å². The van der Waals surface area contributed by atoms with E-state index in [1.165, 1.54) is 0 Å². The Morgan fingerprint density at radius 3 is 3.05 bits per heavy atom. The van der Waals surface area contributed by atoms with Crippen LogP contribution in [-0.2, 0) is 11.3 Å². The van der Waals surface area contributed by atoms with Gasteiger partial charge in [0.15, 0.2) is 0 Å². The highest BCUT2D eigenvalue weighted by Gasteiger charge is 2.14. The van der Waals surface area contributed by atoms with E-state index >= 15 is 0 Å². The Morgan fingerprint density at radius 1 is 1.41 bits per heavy atom. The van der Waals surface area contributed by atoms with E-state index in [9.17, 15) is 4.79 Å². The van der Waals surface area contributed by atoms with Crippen molar-refractivity contribution in [2.45, 2.75) is 19.4 Å². The zero-order valence-corrected chi connectivity index (χ0v) is 13.1. The minimum absolute atomic E-state index is 0.135. The van der Waals surface area contributed by atoms with Crippen LogP contribution in [0.15, 0.2) is 18.2 Å². The topological polar surface area (TPSA) is 73.8 Å². The van der Waals surface area contributed by atoms with Crippen LogP contribution >= 0.6 is 0 Å². The normalized spacial score (nSPS) is 15.4. The summed E-state index contributed by atoms with van der Waals surface area (Å²) >= 11 is 0. The van der Waals surface area contributed by atoms with Gasteiger partial charge in [-0.1, -0.05) is 6.07 Å². The fourth-order valence-corrected chi connectivity index (χ4v) is 2.61. The minimum Gasteiger partial charge on any atom is -0.495 e. The molecule has 1 aliphatic heterocycles. The molecule has 22 heavy (non-hydrogen) atoms. The smallest absolute Gasteiger partial charge is 0.304 e. The number of carboxylic acid groups (broad SMARTS) is 1. The molecule has 122 valence electrons. The monoisotopic (exact) mass is 307 g/mol. The summed E-state index contributed by atoms with van der Waals surface area (Å²) in [4.78, 5) is 12.8. The lowest BCUT2D eigenvalue weighted by atomic mass is 10.1. The van der Waals surface area contributed by atoms with Crippen LogP contribution < -0.4 is 20.3 Å². The predicted molar refractivity (Wildman–Crippen MR) is 86.7 cm³/mol. The average Bonchev–Trinajstić information content (AvgIpc) is 2.80. The number of anilines is 1. The van der Waals surface area contributed by atoms with Crippen molar-refractivity contribution in [3.63, 3.8) is 0 Å². The van der Waals surface area contributed by atoms with Crippen molar-refractivity contribution in [2.75, 3.05) is 44.7 Å². The molecule has 0 aliphatic carbocycles. The van der Waals surface area contributed by atoms with E-state index in [1.807, 2.05) is 6.07 Å². The Kier molecular flexibility index (Phi) is 6.48. The van der Waals surface area contributed by atoms with E-state index in [1.54, 1.807) is 7.11 Å². The van der Waals surface area contributed by atoms with Crippen LogP contribution in [0, 0.1) is 0 Å². The first-order chi connectivity index (χ1) is 10.7. The van der Waals surface area contributed by atoms with Gasteiger partial charge in [-0.15, -0.1) is 0 Å². The van der Waals surface area contributed by atoms with Crippen LogP contribution in [0.3, 0.4) is 0 Å². The molecule has 1 aromatic carbocycles. The van der Waals surface area contributed by atoms with Gasteiger partial charge < -0.3 is 25.4 Å². The second kappa shape index (κ2) is 8.60. The standard InChI is InChI=1S/C16H25N3O3/c1-22-15-11-13(12-18-7-5-16(20)21)3-4-14(15)19-9-2-6-17-8-10-19/h3-4,11,17-18H,2,5-10,12H2,1H3,(H,20,21). The molecule has 6 heteroatoms. The molecule has 0 spiro atoms. The Hall–Kier alpha value is -1.79. The predicted octanol–water partition coefficient (Wildman–Crippen LogP) is 1.06. The van der Waals surface area contributed by atoms with Crippen LogP contribution in [0.4, 0.5) is 5.69 Å². The molecular formula is C16H25N3O3. The summed E-state index contributed by atoms with van der Waals surface area (Å²) in [6, 6.07) is 6.20. The molecular weight excluding hydrogens is 282 g/mol. The Bertz CT molecular complexity index is 486. The van der Waals surface area contributed by atoms with E-state index in [4.69, 9.17) is 9.84 Å². The molecule has 0 atom stereocenters. The van der Waals surface area contributed by atoms with E-state index in [2.05, 4.69) is 27.7 Å². The van der Waals surface area contributed by atoms with Gasteiger partial charge in [0.05, 0.1) is 19.2 Å². The number of aliphatic carboxylic acids is 1. The molecule has 0 bridgehead atoms. The van der Waals surface area contributed by atoms with Crippen LogP contribution in [0.25, 0.3) is 0 Å². The number of nitrogens with zero attached hydrogens (tertiary/aromatic N) is 1. The summed E-state index contributed by atoms with van der Waals surface area (Å²) in [6.45, 7) is 5.17. The molecule has 1 aromatic rings. The Balaban J connectivity index is 1.98. The molecule has 1 aliphatic rings. The fraction of sp³-hybridized carbons (Fsp3) is 0.562. The molecule has 2 rings (SSSR count). The quantitative estimate of drug-likeness (QED) is 0.654. The first kappa shape index (κ1) is 16.6. The van der Waals surface area contributed by atoms with Crippen molar-refractivity contribution in [1.82, 2.24) is 10.6 Å². The summed E-state index contributed by atoms with van der Waals surface area (Å²) < 4.78 is 5.54. The van der Waals surface area contributed by atoms with Crippen LogP contribution in [0.2, 0.25) is 0 Å². The van der Waals surface area contributed by atoms with Gasteiger partial charge in [-0.05, 0) is 30.7 Å². The summed E-state index contributed by atoms with van der Waals surface area (Å²) in [5, 5.41) is 15.2. The SMILES string of the molecule is COc1cc(CNCCC(=O)O)ccc1N1CCCNCC1. The molecule has 0 unspecified atom stereocenters. The number of ether oxygens (including phenoxy) is 1. The second-order valence-corrected chi connectivity index (χ2v) is 5.42. The van der Waals surface area contributed by atoms with E-state index in [-0.39, 0.29) is 6.42 Å². The van der Waals surface area contributed by atoms with E-state index in [0.717, 1.165) is 49.6 Å². The number of carboxylic acids is 1. The van der Waals surface area contributed by atoms with Crippen LogP contribution in [-0.4, -0.2) is 50.9 Å². The lowest BCUT2D eigenvalue weighted by molar-refractivity contribution is -0.136. The van der Waals surface area contributed by atoms with Gasteiger partial charge in [0, 0.05) is 32.7 Å². The molecule has 3 N–H and O–H groups in total. The highest BCUT2D eigenvalue weighted by atomic mass is 16.5. The van der Waals surface area contributed by atoms with Gasteiger partial charge in [-0.2, -0.15) is 0 Å². The zero-order chi connectivity index (χ0) is 15.8. The van der Waals surface area contributed by atoms with Crippen molar-refractivity contribution in [3.05, 3.63) is 23.8 Å². The van der Waals surface area contributed by atoms with Crippen molar-refractivity contribution in [3.8, 4) is 5.75 Å². The minimum atomic E-state index is -0.782. The molecule has 0 amide bonds. The van der Waals surface area contributed by atoms with Crippen molar-refractivity contribution in [2.24, 2.45) is 0 Å². The second-order valence-electron chi connectivity index (χ2n) is 5.42. The molecule has 6 nitrogen and oxygen atoms in total. The Morgan fingerprint density at radius 2 is 2.27 bits per heavy atom. The van der Waals surface area contributed by atoms with E-state index < -0.39 is 5.97 Å². The summed E-state index contributed by atoms with van der Waals surface area (Å²) in [6.07, 6.45) is 1.26. The number of methoxy groups -OCH3 is 1. The summed E-state index contributed by atoms with van der Waals surface area (Å²) in [5.74, 6) is 0.0923. The number of benzene rings is 1. The molecule has 0 radical (unpaired) electrons. The maximum absolute atomic E-state index is 10.5. The third kappa shape index (κ3) is 4.89. The maximum Gasteiger partial charge on any atom is 0.304 e. The van der Waals surface area contributed by atoms with E-state index in [0.29, 0.717) is 13.1 Å². The van der Waals surface area contributed by atoms with Gasteiger partial charge in [-0.3, -0.25) is 4.79 Å². The average molecular weight is 307 g/mol. The molecule has 1 saturated heterocycles. The van der Waals surface area contributed by atoms with Crippen molar-refractivity contribution in [1.29, 1.82) is 0 Å². The van der Waals surface area contributed by atoms with Crippen LogP contribution in [0.1, 0.15) is 18.4 Å². The maximum atomic E-state index is 10.5. The third-order valence-electron chi connectivity index (χ3n) is 3.77. The first-order valence-electron chi connectivity index (χ1n) is 7.76. The van der Waals surface area contributed by atoms with Gasteiger partial charge in [0.1, 0.15) is 5.75 Å². The van der Waals surface area contributed by atoms with Gasteiger partial charge in [0.25, 0.3) is 0 Å². The number of hydrogen-bond donors (Lipinski definition) is 3.